The number of benzene rings is 2. The van der Waals surface area contributed by atoms with E-state index in [-0.39, 0.29) is 43.3 Å². The number of aromatic nitrogens is 1. The first kappa shape index (κ1) is 24.1. The Kier molecular flexibility index (Phi) is 6.61. The van der Waals surface area contributed by atoms with Crippen molar-refractivity contribution in [1.29, 1.82) is 0 Å². The van der Waals surface area contributed by atoms with Gasteiger partial charge in [-0.25, -0.2) is 8.42 Å². The highest BCUT2D eigenvalue weighted by atomic mass is 32.2. The molecule has 1 amide bonds. The van der Waals surface area contributed by atoms with Crippen LogP contribution in [0.25, 0.3) is 10.9 Å². The van der Waals surface area contributed by atoms with E-state index >= 15 is 0 Å². The molecule has 7 nitrogen and oxygen atoms in total. The number of nitrogens with one attached hydrogen (secondary N) is 1. The van der Waals surface area contributed by atoms with Gasteiger partial charge in [0.25, 0.3) is 0 Å². The molecule has 0 spiro atoms. The molecule has 0 saturated carbocycles. The third kappa shape index (κ3) is 5.06. The van der Waals surface area contributed by atoms with Gasteiger partial charge in [0.2, 0.25) is 15.9 Å². The number of carbonyl (C=O) groups is 1. The lowest BCUT2D eigenvalue weighted by Gasteiger charge is -2.33. The summed E-state index contributed by atoms with van der Waals surface area (Å²) in [6.07, 6.45) is -2.96. The Morgan fingerprint density at radius 3 is 2.47 bits per heavy atom. The molecule has 2 heterocycles. The molecular weight excluding hydrogens is 469 g/mol. The zero-order valence-electron chi connectivity index (χ0n) is 18.3. The number of nitrogens with zero attached hydrogens (tertiary/aromatic N) is 3. The van der Waals surface area contributed by atoms with E-state index in [0.29, 0.717) is 5.52 Å². The quantitative estimate of drug-likeness (QED) is 0.590. The maximum absolute atomic E-state index is 13.3. The van der Waals surface area contributed by atoms with Crippen LogP contribution in [0.4, 0.5) is 18.9 Å². The van der Waals surface area contributed by atoms with Gasteiger partial charge in [0, 0.05) is 37.8 Å². The van der Waals surface area contributed by atoms with Crippen molar-refractivity contribution in [3.8, 4) is 0 Å². The maximum Gasteiger partial charge on any atom is 0.418 e. The van der Waals surface area contributed by atoms with E-state index in [1.165, 1.54) is 28.6 Å². The monoisotopic (exact) mass is 492 g/mol. The number of pyridine rings is 1. The van der Waals surface area contributed by atoms with Crippen LogP contribution in [-0.2, 0) is 21.0 Å². The number of anilines is 1. The van der Waals surface area contributed by atoms with Crippen LogP contribution in [0.15, 0.2) is 59.6 Å². The Bertz CT molecular complexity index is 1320. The van der Waals surface area contributed by atoms with Gasteiger partial charge < -0.3 is 5.32 Å². The summed E-state index contributed by atoms with van der Waals surface area (Å²) in [7, 11) is -3.81. The molecule has 0 unspecified atom stereocenters. The van der Waals surface area contributed by atoms with E-state index in [4.69, 9.17) is 0 Å². The van der Waals surface area contributed by atoms with Gasteiger partial charge in [-0.15, -0.1) is 0 Å². The molecule has 11 heteroatoms. The van der Waals surface area contributed by atoms with Crippen molar-refractivity contribution < 1.29 is 26.4 Å². The molecule has 1 aliphatic rings. The molecule has 0 atom stereocenters. The number of sulfonamides is 1. The summed E-state index contributed by atoms with van der Waals surface area (Å²) in [5.41, 5.74) is 0.100. The van der Waals surface area contributed by atoms with Crippen molar-refractivity contribution in [3.05, 3.63) is 65.9 Å². The van der Waals surface area contributed by atoms with Crippen LogP contribution in [0.5, 0.6) is 0 Å². The van der Waals surface area contributed by atoms with E-state index in [9.17, 15) is 26.4 Å². The average molecular weight is 493 g/mol. The second-order valence-corrected chi connectivity index (χ2v) is 10.0. The van der Waals surface area contributed by atoms with Crippen LogP contribution < -0.4 is 5.32 Å². The molecule has 1 aliphatic heterocycles. The van der Waals surface area contributed by atoms with Crippen molar-refractivity contribution >= 4 is 32.5 Å². The van der Waals surface area contributed by atoms with Gasteiger partial charge >= 0.3 is 6.18 Å². The van der Waals surface area contributed by atoms with Crippen molar-refractivity contribution in [3.63, 3.8) is 0 Å². The third-order valence-electron chi connectivity index (χ3n) is 5.63. The minimum absolute atomic E-state index is 0.125. The summed E-state index contributed by atoms with van der Waals surface area (Å²) in [4.78, 5) is 18.5. The van der Waals surface area contributed by atoms with Gasteiger partial charge in [0.1, 0.15) is 4.90 Å². The van der Waals surface area contributed by atoms with Crippen molar-refractivity contribution in [2.45, 2.75) is 18.0 Å². The van der Waals surface area contributed by atoms with Crippen molar-refractivity contribution in [2.75, 3.05) is 38.0 Å². The minimum atomic E-state index is -4.58. The number of carbonyl (C=O) groups excluding carboxylic acids is 1. The van der Waals surface area contributed by atoms with Crippen LogP contribution in [0, 0.1) is 6.92 Å². The number of piperazine rings is 1. The predicted octanol–water partition coefficient (Wildman–Crippen LogP) is 3.51. The maximum atomic E-state index is 13.3. The highest BCUT2D eigenvalue weighted by Crippen LogP contribution is 2.34. The summed E-state index contributed by atoms with van der Waals surface area (Å²) in [5, 5.41) is 3.05. The van der Waals surface area contributed by atoms with Crippen molar-refractivity contribution in [1.82, 2.24) is 14.2 Å². The molecule has 1 aromatic heterocycles. The number of hydrogen-bond donors (Lipinski definition) is 1. The number of rotatable bonds is 5. The molecule has 0 radical (unpaired) electrons. The lowest BCUT2D eigenvalue weighted by Crippen LogP contribution is -2.50. The number of alkyl halides is 3. The summed E-state index contributed by atoms with van der Waals surface area (Å²) in [6.45, 7) is 2.57. The largest absolute Gasteiger partial charge is 0.418 e. The van der Waals surface area contributed by atoms with Gasteiger partial charge in [0.15, 0.2) is 0 Å². The standard InChI is InChI=1S/C23H23F3N4O3S/c1-16-13-17-5-4-8-20(22(17)27-14-16)34(32,33)30-11-9-29(10-12-30)15-21(31)28-19-7-3-2-6-18(19)23(24,25)26/h2-8,13-14H,9-12,15H2,1H3,(H,28,31). The fourth-order valence-corrected chi connectivity index (χ4v) is 5.54. The Hall–Kier alpha value is -3.02. The number of amides is 1. The Morgan fingerprint density at radius 2 is 1.76 bits per heavy atom. The summed E-state index contributed by atoms with van der Waals surface area (Å²) >= 11 is 0. The van der Waals surface area contributed by atoms with Gasteiger partial charge in [-0.3, -0.25) is 14.7 Å². The minimum Gasteiger partial charge on any atom is -0.324 e. The third-order valence-corrected chi connectivity index (χ3v) is 7.56. The molecule has 2 aromatic carbocycles. The topological polar surface area (TPSA) is 82.6 Å². The first-order chi connectivity index (χ1) is 16.1. The van der Waals surface area contributed by atoms with Crippen LogP contribution >= 0.6 is 0 Å². The fourth-order valence-electron chi connectivity index (χ4n) is 3.95. The molecule has 1 N–H and O–H groups in total. The SMILES string of the molecule is Cc1cnc2c(S(=O)(=O)N3CCN(CC(=O)Nc4ccccc4C(F)(F)F)CC3)cccc2c1. The number of halogens is 3. The Balaban J connectivity index is 1.41. The molecule has 180 valence electrons. The normalized spacial score (nSPS) is 16.0. The Labute approximate surface area is 195 Å². The van der Waals surface area contributed by atoms with Gasteiger partial charge in [0.05, 0.1) is 23.3 Å². The van der Waals surface area contributed by atoms with E-state index in [1.807, 2.05) is 19.1 Å². The number of para-hydroxylation sites is 2. The highest BCUT2D eigenvalue weighted by molar-refractivity contribution is 7.89. The first-order valence-corrected chi connectivity index (χ1v) is 12.0. The summed E-state index contributed by atoms with van der Waals surface area (Å²) in [5.74, 6) is -0.596. The molecule has 3 aromatic rings. The predicted molar refractivity (Wildman–Crippen MR) is 122 cm³/mol. The van der Waals surface area contributed by atoms with Crippen molar-refractivity contribution in [2.24, 2.45) is 0 Å². The number of aryl methyl sites for hydroxylation is 1. The second kappa shape index (κ2) is 9.32. The van der Waals surface area contributed by atoms with E-state index < -0.39 is 27.7 Å². The van der Waals surface area contributed by atoms with Crippen LogP contribution in [0.3, 0.4) is 0 Å². The molecule has 34 heavy (non-hydrogen) atoms. The molecular formula is C23H23F3N4O3S. The second-order valence-electron chi connectivity index (χ2n) is 8.11. The van der Waals surface area contributed by atoms with Crippen LogP contribution in [-0.4, -0.2) is 61.2 Å². The zero-order chi connectivity index (χ0) is 24.5. The van der Waals surface area contributed by atoms with E-state index in [2.05, 4.69) is 10.3 Å². The lowest BCUT2D eigenvalue weighted by atomic mass is 10.1. The fraction of sp³-hybridized carbons (Fsp3) is 0.304. The van der Waals surface area contributed by atoms with E-state index in [0.717, 1.165) is 17.0 Å². The Morgan fingerprint density at radius 1 is 1.06 bits per heavy atom. The van der Waals surface area contributed by atoms with Crippen LogP contribution in [0.2, 0.25) is 0 Å². The van der Waals surface area contributed by atoms with Gasteiger partial charge in [-0.2, -0.15) is 17.5 Å². The lowest BCUT2D eigenvalue weighted by molar-refractivity contribution is -0.137. The molecule has 4 rings (SSSR count). The number of fused-ring (bicyclic) bond motifs is 1. The first-order valence-electron chi connectivity index (χ1n) is 10.6. The summed E-state index contributed by atoms with van der Waals surface area (Å²) in [6, 6.07) is 11.7. The smallest absolute Gasteiger partial charge is 0.324 e. The van der Waals surface area contributed by atoms with Crippen LogP contribution in [0.1, 0.15) is 11.1 Å². The molecule has 0 aliphatic carbocycles. The molecule has 1 fully saturated rings. The number of hydrogen-bond acceptors (Lipinski definition) is 5. The van der Waals surface area contributed by atoms with Gasteiger partial charge in [-0.1, -0.05) is 24.3 Å². The summed E-state index contributed by atoms with van der Waals surface area (Å²) < 4.78 is 67.3. The van der Waals surface area contributed by atoms with E-state index in [1.54, 1.807) is 17.2 Å². The molecule has 0 bridgehead atoms. The average Bonchev–Trinajstić information content (AvgIpc) is 2.78. The highest BCUT2D eigenvalue weighted by Gasteiger charge is 2.34. The molecule has 1 saturated heterocycles. The van der Waals surface area contributed by atoms with Gasteiger partial charge in [-0.05, 0) is 36.8 Å². The zero-order valence-corrected chi connectivity index (χ0v) is 19.2.